The lowest BCUT2D eigenvalue weighted by atomic mass is 9.73. The molecule has 2 fully saturated rings. The second-order valence-electron chi connectivity index (χ2n) is 18.0. The Hall–Kier alpha value is -5.35. The van der Waals surface area contributed by atoms with Gasteiger partial charge in [0.05, 0.1) is 21.6 Å². The molecule has 0 atom stereocenters. The van der Waals surface area contributed by atoms with Gasteiger partial charge in [0, 0.05) is 68.7 Å². The summed E-state index contributed by atoms with van der Waals surface area (Å²) in [6.07, 6.45) is 8.73. The zero-order valence-corrected chi connectivity index (χ0v) is 36.5. The van der Waals surface area contributed by atoms with Crippen molar-refractivity contribution in [3.8, 4) is 11.5 Å². The number of allylic oxidation sites excluding steroid dienone is 2. The summed E-state index contributed by atoms with van der Waals surface area (Å²) in [5.74, 6) is 0.487. The van der Waals surface area contributed by atoms with E-state index in [0.717, 1.165) is 81.7 Å². The Kier molecular flexibility index (Phi) is 13.7. The number of benzene rings is 2. The molecule has 2 aromatic heterocycles. The summed E-state index contributed by atoms with van der Waals surface area (Å²) < 4.78 is 62.3. The number of carbonyl (C=O) groups is 1. The molecule has 0 bridgehead atoms. The first-order chi connectivity index (χ1) is 29.5. The van der Waals surface area contributed by atoms with E-state index in [0.29, 0.717) is 49.3 Å². The van der Waals surface area contributed by atoms with Crippen LogP contribution in [0.15, 0.2) is 89.1 Å². The maximum atomic E-state index is 13.9. The highest BCUT2D eigenvalue weighted by molar-refractivity contribution is 7.90. The molecular formula is C46H57F2N7O6S. The summed E-state index contributed by atoms with van der Waals surface area (Å²) >= 11 is 0. The number of halogens is 2. The van der Waals surface area contributed by atoms with Gasteiger partial charge in [0.25, 0.3) is 28.0 Å². The van der Waals surface area contributed by atoms with Gasteiger partial charge in [-0.2, -0.15) is 0 Å². The zero-order valence-electron chi connectivity index (χ0n) is 35.7. The molecule has 1 aliphatic heterocycles. The molecule has 7 rings (SSSR count). The van der Waals surface area contributed by atoms with E-state index in [4.69, 9.17) is 4.74 Å². The second kappa shape index (κ2) is 19.0. The molecule has 3 heterocycles. The maximum absolute atomic E-state index is 13.9. The highest BCUT2D eigenvalue weighted by atomic mass is 32.2. The summed E-state index contributed by atoms with van der Waals surface area (Å²) in [7, 11) is -4.57. The summed E-state index contributed by atoms with van der Waals surface area (Å²) in [4.78, 5) is 37.0. The quantitative estimate of drug-likeness (QED) is 0.0561. The molecule has 13 nitrogen and oxygen atoms in total. The van der Waals surface area contributed by atoms with Gasteiger partial charge in [-0.1, -0.05) is 51.3 Å². The number of rotatable bonds is 16. The number of nitrogens with one attached hydrogen (secondary N) is 3. The Bertz CT molecular complexity index is 2440. The maximum Gasteiger partial charge on any atom is 0.293 e. The van der Waals surface area contributed by atoms with Crippen molar-refractivity contribution >= 4 is 44.0 Å². The minimum absolute atomic E-state index is 0.0212. The average Bonchev–Trinajstić information content (AvgIpc) is 3.71. The van der Waals surface area contributed by atoms with Crippen molar-refractivity contribution in [1.29, 1.82) is 0 Å². The predicted molar refractivity (Wildman–Crippen MR) is 238 cm³/mol. The Morgan fingerprint density at radius 1 is 1.06 bits per heavy atom. The summed E-state index contributed by atoms with van der Waals surface area (Å²) in [5, 5.41) is 16.0. The van der Waals surface area contributed by atoms with Crippen molar-refractivity contribution in [3.05, 3.63) is 99.9 Å². The first kappa shape index (κ1) is 44.7. The number of piperazine rings is 1. The van der Waals surface area contributed by atoms with Gasteiger partial charge in [-0.15, -0.1) is 0 Å². The fraction of sp³-hybridized carbons (Fsp3) is 0.478. The van der Waals surface area contributed by atoms with Gasteiger partial charge in [-0.3, -0.25) is 19.8 Å². The average molecular weight is 874 g/mol. The number of sulfonamides is 1. The predicted octanol–water partition coefficient (Wildman–Crippen LogP) is 9.85. The molecule has 1 saturated carbocycles. The first-order valence-corrected chi connectivity index (χ1v) is 23.0. The normalized spacial score (nSPS) is 19.7. The van der Waals surface area contributed by atoms with E-state index in [1.54, 1.807) is 24.4 Å². The topological polar surface area (TPSA) is 163 Å². The standard InChI is InChI=1S/C46H57F2N7O6S/c1-30-5-8-32(9-6-30)27-50-40-14-12-38(25-41(40)55(57)58)62(59,60)52-45(56)39-13-11-36(24-42(39)61-37-23-33-16-18-49-44(33)51-28-37)54-21-19-53(20-22-54)29-35-15-17-46(3,4)26-34(35)10-7-31(2)43(47)48/h11-14,16,18,23-25,28,30,32,43,50H,2,5-10,15,17,19-22,26-27,29H2,1,3-4H3,(H,49,51)(H,52,56). The van der Waals surface area contributed by atoms with E-state index in [2.05, 4.69) is 57.2 Å². The molecule has 4 aromatic rings. The number of aromatic amines is 1. The number of H-pyrrole nitrogens is 1. The molecular weight excluding hydrogens is 817 g/mol. The van der Waals surface area contributed by atoms with Crippen LogP contribution in [0.3, 0.4) is 0 Å². The van der Waals surface area contributed by atoms with Crippen LogP contribution >= 0.6 is 0 Å². The minimum Gasteiger partial charge on any atom is -0.455 e. The number of alkyl halides is 2. The first-order valence-electron chi connectivity index (χ1n) is 21.5. The Morgan fingerprint density at radius 3 is 2.55 bits per heavy atom. The van der Waals surface area contributed by atoms with E-state index >= 15 is 0 Å². The summed E-state index contributed by atoms with van der Waals surface area (Å²) in [6, 6.07) is 12.1. The van der Waals surface area contributed by atoms with Crippen LogP contribution in [-0.4, -0.2) is 79.8 Å². The fourth-order valence-corrected chi connectivity index (χ4v) is 9.84. The minimum atomic E-state index is -4.57. The van der Waals surface area contributed by atoms with Crippen LogP contribution < -0.4 is 19.7 Å². The van der Waals surface area contributed by atoms with Crippen LogP contribution in [0.2, 0.25) is 0 Å². The lowest BCUT2D eigenvalue weighted by Crippen LogP contribution is -2.47. The van der Waals surface area contributed by atoms with Crippen molar-refractivity contribution in [1.82, 2.24) is 19.6 Å². The third kappa shape index (κ3) is 11.0. The summed E-state index contributed by atoms with van der Waals surface area (Å²) in [5.41, 5.74) is 3.86. The molecule has 3 N–H and O–H groups in total. The van der Waals surface area contributed by atoms with E-state index in [9.17, 15) is 32.1 Å². The van der Waals surface area contributed by atoms with Crippen molar-refractivity contribution < 1.29 is 31.7 Å². The van der Waals surface area contributed by atoms with Crippen LogP contribution in [0.25, 0.3) is 11.0 Å². The van der Waals surface area contributed by atoms with E-state index in [1.807, 2.05) is 6.07 Å². The van der Waals surface area contributed by atoms with E-state index < -0.39 is 37.9 Å². The number of carbonyl (C=O) groups excluding carboxylic acids is 1. The molecule has 1 saturated heterocycles. The second-order valence-corrected chi connectivity index (χ2v) is 19.7. The molecule has 0 spiro atoms. The van der Waals surface area contributed by atoms with Crippen molar-refractivity contribution in [3.63, 3.8) is 0 Å². The number of hydrogen-bond acceptors (Lipinski definition) is 10. The highest BCUT2D eigenvalue weighted by Gasteiger charge is 2.30. The largest absolute Gasteiger partial charge is 0.455 e. The van der Waals surface area contributed by atoms with Crippen molar-refractivity contribution in [2.24, 2.45) is 17.3 Å². The Balaban J connectivity index is 1.07. The van der Waals surface area contributed by atoms with Crippen LogP contribution in [0.5, 0.6) is 11.5 Å². The van der Waals surface area contributed by atoms with E-state index in [1.165, 1.54) is 35.5 Å². The zero-order chi connectivity index (χ0) is 44.2. The number of fused-ring (bicyclic) bond motifs is 1. The van der Waals surface area contributed by atoms with Gasteiger partial charge >= 0.3 is 0 Å². The molecule has 62 heavy (non-hydrogen) atoms. The molecule has 1 amide bonds. The molecule has 0 unspecified atom stereocenters. The Morgan fingerprint density at radius 2 is 1.82 bits per heavy atom. The van der Waals surface area contributed by atoms with Gasteiger partial charge < -0.3 is 19.9 Å². The molecule has 2 aliphatic carbocycles. The van der Waals surface area contributed by atoms with Gasteiger partial charge in [-0.05, 0) is 104 Å². The number of nitro groups is 1. The smallest absolute Gasteiger partial charge is 0.293 e. The number of nitrogens with zero attached hydrogens (tertiary/aromatic N) is 4. The van der Waals surface area contributed by atoms with Gasteiger partial charge in [0.1, 0.15) is 22.8 Å². The van der Waals surface area contributed by atoms with Crippen molar-refractivity contribution in [2.75, 3.05) is 49.5 Å². The van der Waals surface area contributed by atoms with Crippen LogP contribution in [0, 0.1) is 27.4 Å². The summed E-state index contributed by atoms with van der Waals surface area (Å²) in [6.45, 7) is 14.4. The number of ether oxygens (including phenoxy) is 1. The number of aromatic nitrogens is 2. The number of nitro benzene ring substituents is 1. The van der Waals surface area contributed by atoms with Gasteiger partial charge in [0.2, 0.25) is 0 Å². The highest BCUT2D eigenvalue weighted by Crippen LogP contribution is 2.41. The fourth-order valence-electron chi connectivity index (χ4n) is 8.85. The number of anilines is 2. The number of amides is 1. The molecule has 16 heteroatoms. The molecule has 0 radical (unpaired) electrons. The number of pyridine rings is 1. The van der Waals surface area contributed by atoms with E-state index in [-0.39, 0.29) is 34.4 Å². The lowest BCUT2D eigenvalue weighted by molar-refractivity contribution is -0.384. The van der Waals surface area contributed by atoms with Crippen molar-refractivity contribution in [2.45, 2.75) is 89.9 Å². The number of hydrogen-bond donors (Lipinski definition) is 3. The Labute approximate surface area is 362 Å². The van der Waals surface area contributed by atoms with Gasteiger partial charge in [0.15, 0.2) is 0 Å². The third-order valence-corrected chi connectivity index (χ3v) is 14.1. The molecule has 332 valence electrons. The lowest BCUT2D eigenvalue weighted by Gasteiger charge is -2.39. The van der Waals surface area contributed by atoms with Gasteiger partial charge in [-0.25, -0.2) is 26.9 Å². The SMILES string of the molecule is C=C(CCC1=C(CN2CCN(c3ccc(C(=O)NS(=O)(=O)c4ccc(NCC5CCC(C)CC5)c([N+](=O)[O-])c4)c(Oc4cnc5[nH]ccc5c4)c3)CC2)CCC(C)(C)C1)C(F)F. The van der Waals surface area contributed by atoms with Crippen LogP contribution in [-0.2, 0) is 10.0 Å². The monoisotopic (exact) mass is 873 g/mol. The van der Waals surface area contributed by atoms with Crippen LogP contribution in [0.1, 0.15) is 88.9 Å². The third-order valence-electron chi connectivity index (χ3n) is 12.7. The molecule has 3 aliphatic rings. The molecule has 2 aromatic carbocycles. The van der Waals surface area contributed by atoms with Crippen LogP contribution in [0.4, 0.5) is 25.8 Å².